The van der Waals surface area contributed by atoms with E-state index in [2.05, 4.69) is 10.6 Å². The van der Waals surface area contributed by atoms with Crippen LogP contribution in [0.5, 0.6) is 0 Å². The third kappa shape index (κ3) is 3.84. The van der Waals surface area contributed by atoms with Crippen LogP contribution in [-0.2, 0) is 9.59 Å². The Morgan fingerprint density at radius 1 is 1.16 bits per heavy atom. The fourth-order valence-corrected chi connectivity index (χ4v) is 4.05. The van der Waals surface area contributed by atoms with Crippen LogP contribution >= 0.6 is 0 Å². The second-order valence-corrected chi connectivity index (χ2v) is 6.92. The van der Waals surface area contributed by atoms with Gasteiger partial charge in [0.15, 0.2) is 0 Å². The van der Waals surface area contributed by atoms with Gasteiger partial charge < -0.3 is 10.6 Å². The van der Waals surface area contributed by atoms with Crippen LogP contribution in [0.2, 0.25) is 0 Å². The summed E-state index contributed by atoms with van der Waals surface area (Å²) in [7, 11) is 1.54. The Kier molecular flexibility index (Phi) is 5.68. The maximum Gasteiger partial charge on any atom is 0.241 e. The summed E-state index contributed by atoms with van der Waals surface area (Å²) in [6.07, 6.45) is 5.85. The molecule has 5 nitrogen and oxygen atoms in total. The third-order valence-corrected chi connectivity index (χ3v) is 5.32. The van der Waals surface area contributed by atoms with Gasteiger partial charge in [0.1, 0.15) is 11.9 Å². The number of hydrogen-bond donors (Lipinski definition) is 2. The fraction of sp³-hybridized carbons (Fsp3) is 0.579. The summed E-state index contributed by atoms with van der Waals surface area (Å²) >= 11 is 0. The highest BCUT2D eigenvalue weighted by Crippen LogP contribution is 2.31. The Hall–Kier alpha value is -1.95. The maximum atomic E-state index is 14.3. The summed E-state index contributed by atoms with van der Waals surface area (Å²) in [6.45, 7) is 0.606. The predicted octanol–water partition coefficient (Wildman–Crippen LogP) is 2.14. The molecular weight excluding hydrogens is 321 g/mol. The summed E-state index contributed by atoms with van der Waals surface area (Å²) in [4.78, 5) is 27.1. The lowest BCUT2D eigenvalue weighted by atomic mass is 10.0. The molecule has 6 heteroatoms. The minimum Gasteiger partial charge on any atom is -0.358 e. The van der Waals surface area contributed by atoms with Crippen molar-refractivity contribution in [3.8, 4) is 0 Å². The maximum absolute atomic E-state index is 14.3. The number of carbonyl (C=O) groups is 2. The van der Waals surface area contributed by atoms with Crippen LogP contribution in [0.1, 0.15) is 50.1 Å². The number of nitrogens with one attached hydrogen (secondary N) is 2. The molecule has 2 fully saturated rings. The highest BCUT2D eigenvalue weighted by Gasteiger charge is 2.40. The molecule has 0 aromatic heterocycles. The van der Waals surface area contributed by atoms with Gasteiger partial charge in [-0.3, -0.25) is 14.5 Å². The van der Waals surface area contributed by atoms with Crippen molar-refractivity contribution in [2.75, 3.05) is 13.6 Å². The first kappa shape index (κ1) is 17.9. The molecule has 0 radical (unpaired) electrons. The quantitative estimate of drug-likeness (QED) is 0.858. The molecule has 1 saturated carbocycles. The van der Waals surface area contributed by atoms with Crippen molar-refractivity contribution in [1.82, 2.24) is 15.5 Å². The number of carbonyl (C=O) groups excluding carboxylic acids is 2. The van der Waals surface area contributed by atoms with Gasteiger partial charge in [0, 0.05) is 25.2 Å². The zero-order chi connectivity index (χ0) is 17.8. The Morgan fingerprint density at radius 3 is 2.56 bits per heavy atom. The lowest BCUT2D eigenvalue weighted by Gasteiger charge is -2.32. The zero-order valence-electron chi connectivity index (χ0n) is 14.6. The summed E-state index contributed by atoms with van der Waals surface area (Å²) in [5.41, 5.74) is 0.322. The van der Waals surface area contributed by atoms with Crippen LogP contribution in [0, 0.1) is 5.82 Å². The number of nitrogens with zero attached hydrogens (tertiary/aromatic N) is 1. The number of likely N-dealkylation sites (tertiary alicyclic amines) is 1. The Morgan fingerprint density at radius 2 is 1.88 bits per heavy atom. The summed E-state index contributed by atoms with van der Waals surface area (Å²) in [5, 5.41) is 5.74. The normalized spacial score (nSPS) is 22.7. The Bertz CT molecular complexity index is 631. The highest BCUT2D eigenvalue weighted by molar-refractivity contribution is 5.86. The van der Waals surface area contributed by atoms with Gasteiger partial charge in [-0.2, -0.15) is 0 Å². The SMILES string of the molecule is CNC(=O)[C@@H](c1ccccc1F)N1CCC[C@H]1C(=O)NC1CCCC1. The van der Waals surface area contributed by atoms with Crippen molar-refractivity contribution in [2.24, 2.45) is 0 Å². The molecule has 1 saturated heterocycles. The number of halogens is 1. The van der Waals surface area contributed by atoms with E-state index in [-0.39, 0.29) is 23.9 Å². The van der Waals surface area contributed by atoms with E-state index in [1.807, 2.05) is 4.90 Å². The van der Waals surface area contributed by atoms with E-state index in [4.69, 9.17) is 0 Å². The number of likely N-dealkylation sites (N-methyl/N-ethyl adjacent to an activating group) is 1. The molecule has 3 rings (SSSR count). The minimum atomic E-state index is -0.784. The van der Waals surface area contributed by atoms with Gasteiger partial charge >= 0.3 is 0 Å². The molecule has 2 atom stereocenters. The van der Waals surface area contributed by atoms with Gasteiger partial charge in [0.2, 0.25) is 11.8 Å². The number of amides is 2. The lowest BCUT2D eigenvalue weighted by Crippen LogP contribution is -2.50. The van der Waals surface area contributed by atoms with Gasteiger partial charge in [-0.25, -0.2) is 4.39 Å². The van der Waals surface area contributed by atoms with Gasteiger partial charge in [-0.05, 0) is 31.7 Å². The first-order chi connectivity index (χ1) is 12.1. The fourth-order valence-electron chi connectivity index (χ4n) is 4.05. The molecule has 1 aromatic rings. The van der Waals surface area contributed by atoms with Crippen LogP contribution in [-0.4, -0.2) is 42.4 Å². The Balaban J connectivity index is 1.82. The summed E-state index contributed by atoms with van der Waals surface area (Å²) in [6, 6.07) is 5.37. The van der Waals surface area contributed by atoms with Gasteiger partial charge in [-0.1, -0.05) is 31.0 Å². The highest BCUT2D eigenvalue weighted by atomic mass is 19.1. The summed E-state index contributed by atoms with van der Waals surface area (Å²) < 4.78 is 14.3. The van der Waals surface area contributed by atoms with E-state index in [1.165, 1.54) is 6.07 Å². The van der Waals surface area contributed by atoms with E-state index < -0.39 is 11.9 Å². The lowest BCUT2D eigenvalue weighted by molar-refractivity contribution is -0.131. The van der Waals surface area contributed by atoms with Crippen molar-refractivity contribution in [1.29, 1.82) is 0 Å². The van der Waals surface area contributed by atoms with E-state index >= 15 is 0 Å². The molecule has 25 heavy (non-hydrogen) atoms. The molecule has 1 aliphatic carbocycles. The minimum absolute atomic E-state index is 0.0327. The largest absolute Gasteiger partial charge is 0.358 e. The molecule has 1 heterocycles. The molecule has 2 N–H and O–H groups in total. The van der Waals surface area contributed by atoms with E-state index in [1.54, 1.807) is 25.2 Å². The van der Waals surface area contributed by atoms with Crippen LogP contribution < -0.4 is 10.6 Å². The van der Waals surface area contributed by atoms with Gasteiger partial charge in [0.05, 0.1) is 6.04 Å². The van der Waals surface area contributed by atoms with Crippen LogP contribution in [0.15, 0.2) is 24.3 Å². The number of benzene rings is 1. The molecule has 1 aromatic carbocycles. The average Bonchev–Trinajstić information content (AvgIpc) is 3.28. The third-order valence-electron chi connectivity index (χ3n) is 5.32. The standard InChI is InChI=1S/C19H26FN3O2/c1-21-19(25)17(14-9-4-5-10-15(14)20)23-12-6-11-16(23)18(24)22-13-7-2-3-8-13/h4-5,9-10,13,16-17H,2-3,6-8,11-12H2,1H3,(H,21,25)(H,22,24)/t16-,17+/m0/s1. The van der Waals surface area contributed by atoms with Crippen LogP contribution in [0.25, 0.3) is 0 Å². The molecule has 0 unspecified atom stereocenters. The van der Waals surface area contributed by atoms with E-state index in [0.29, 0.717) is 18.5 Å². The smallest absolute Gasteiger partial charge is 0.241 e. The average molecular weight is 347 g/mol. The van der Waals surface area contributed by atoms with Crippen molar-refractivity contribution >= 4 is 11.8 Å². The second kappa shape index (κ2) is 7.95. The molecule has 136 valence electrons. The van der Waals surface area contributed by atoms with Crippen LogP contribution in [0.3, 0.4) is 0 Å². The molecule has 1 aliphatic heterocycles. The number of hydrogen-bond acceptors (Lipinski definition) is 3. The molecule has 0 bridgehead atoms. The van der Waals surface area contributed by atoms with Gasteiger partial charge in [-0.15, -0.1) is 0 Å². The molecule has 2 aliphatic rings. The van der Waals surface area contributed by atoms with Crippen LogP contribution in [0.4, 0.5) is 4.39 Å². The number of rotatable bonds is 5. The van der Waals surface area contributed by atoms with Crippen molar-refractivity contribution in [3.05, 3.63) is 35.6 Å². The first-order valence-electron chi connectivity index (χ1n) is 9.14. The Labute approximate surface area is 148 Å². The molecule has 0 spiro atoms. The predicted molar refractivity (Wildman–Crippen MR) is 93.3 cm³/mol. The molecule has 2 amide bonds. The first-order valence-corrected chi connectivity index (χ1v) is 9.14. The molecular formula is C19H26FN3O2. The second-order valence-electron chi connectivity index (χ2n) is 6.92. The monoisotopic (exact) mass is 347 g/mol. The zero-order valence-corrected chi connectivity index (χ0v) is 14.6. The van der Waals surface area contributed by atoms with E-state index in [9.17, 15) is 14.0 Å². The van der Waals surface area contributed by atoms with E-state index in [0.717, 1.165) is 32.1 Å². The van der Waals surface area contributed by atoms with Crippen molar-refractivity contribution in [3.63, 3.8) is 0 Å². The van der Waals surface area contributed by atoms with Crippen molar-refractivity contribution < 1.29 is 14.0 Å². The topological polar surface area (TPSA) is 61.4 Å². The van der Waals surface area contributed by atoms with Gasteiger partial charge in [0.25, 0.3) is 0 Å². The summed E-state index contributed by atoms with van der Waals surface area (Å²) in [5.74, 6) is -0.738. The van der Waals surface area contributed by atoms with Crippen molar-refractivity contribution in [2.45, 2.75) is 56.7 Å².